The summed E-state index contributed by atoms with van der Waals surface area (Å²) < 4.78 is 12.9. The van der Waals surface area contributed by atoms with Gasteiger partial charge in [0.2, 0.25) is 0 Å². The zero-order valence-electron chi connectivity index (χ0n) is 16.7. The highest BCUT2D eigenvalue weighted by Crippen LogP contribution is 2.38. The number of aryl methyl sites for hydroxylation is 2. The molecule has 0 spiro atoms. The summed E-state index contributed by atoms with van der Waals surface area (Å²) in [6.45, 7) is 0.672. The zero-order chi connectivity index (χ0) is 21.1. The summed E-state index contributed by atoms with van der Waals surface area (Å²) in [5.74, 6) is 1.82. The summed E-state index contributed by atoms with van der Waals surface area (Å²) in [6, 6.07) is 13.5. The first kappa shape index (κ1) is 19.8. The van der Waals surface area contributed by atoms with Crippen molar-refractivity contribution in [1.29, 1.82) is 0 Å². The topological polar surface area (TPSA) is 114 Å². The SMILES string of the molecule is COc1ccc(OC)c(Sc2nc3c(N)ncnc3n2CCc2ccc(N)cc2)c1. The van der Waals surface area contributed by atoms with Crippen molar-refractivity contribution in [2.24, 2.45) is 0 Å². The maximum absolute atomic E-state index is 6.06. The highest BCUT2D eigenvalue weighted by atomic mass is 32.2. The number of nitrogens with zero attached hydrogens (tertiary/aromatic N) is 4. The van der Waals surface area contributed by atoms with Crippen molar-refractivity contribution in [2.75, 3.05) is 25.7 Å². The lowest BCUT2D eigenvalue weighted by Gasteiger charge is -2.12. The van der Waals surface area contributed by atoms with Crippen LogP contribution < -0.4 is 20.9 Å². The van der Waals surface area contributed by atoms with Gasteiger partial charge in [-0.25, -0.2) is 15.0 Å². The van der Waals surface area contributed by atoms with E-state index >= 15 is 0 Å². The standard InChI is InChI=1S/C21H22N6O2S/c1-28-15-7-8-16(29-2)17(11-15)30-21-26-18-19(23)24-12-25-20(18)27(21)10-9-13-3-5-14(22)6-4-13/h3-8,11-12H,9-10,22H2,1-2H3,(H2,23,24,25). The number of hydrogen-bond acceptors (Lipinski definition) is 8. The monoisotopic (exact) mass is 422 g/mol. The molecule has 0 unspecified atom stereocenters. The Hall–Kier alpha value is -3.46. The number of ether oxygens (including phenoxy) is 2. The Balaban J connectivity index is 1.73. The number of nitrogen functional groups attached to an aromatic ring is 2. The number of fused-ring (bicyclic) bond motifs is 1. The Morgan fingerprint density at radius 2 is 1.80 bits per heavy atom. The zero-order valence-corrected chi connectivity index (χ0v) is 17.5. The Labute approximate surface area is 178 Å². The minimum Gasteiger partial charge on any atom is -0.497 e. The fraction of sp³-hybridized carbons (Fsp3) is 0.190. The number of methoxy groups -OCH3 is 2. The lowest BCUT2D eigenvalue weighted by atomic mass is 10.1. The second-order valence-corrected chi connectivity index (χ2v) is 7.60. The van der Waals surface area contributed by atoms with Crippen molar-refractivity contribution in [1.82, 2.24) is 19.5 Å². The molecule has 8 nitrogen and oxygen atoms in total. The molecule has 0 bridgehead atoms. The largest absolute Gasteiger partial charge is 0.497 e. The average molecular weight is 423 g/mol. The molecule has 0 saturated heterocycles. The van der Waals surface area contributed by atoms with Gasteiger partial charge in [-0.1, -0.05) is 12.1 Å². The third-order valence-electron chi connectivity index (χ3n) is 4.70. The molecule has 2 aromatic heterocycles. The quantitative estimate of drug-likeness (QED) is 0.436. The highest BCUT2D eigenvalue weighted by molar-refractivity contribution is 7.99. The third kappa shape index (κ3) is 3.97. The normalized spacial score (nSPS) is 11.0. The highest BCUT2D eigenvalue weighted by Gasteiger charge is 2.18. The van der Waals surface area contributed by atoms with Crippen molar-refractivity contribution in [3.63, 3.8) is 0 Å². The molecule has 0 radical (unpaired) electrons. The summed E-state index contributed by atoms with van der Waals surface area (Å²) in [5, 5.41) is 0.749. The molecule has 9 heteroatoms. The van der Waals surface area contributed by atoms with Crippen molar-refractivity contribution in [3.05, 3.63) is 54.4 Å². The molecule has 0 saturated carbocycles. The second kappa shape index (κ2) is 8.50. The molecular weight excluding hydrogens is 400 g/mol. The molecule has 4 N–H and O–H groups in total. The molecule has 0 aliphatic rings. The van der Waals surface area contributed by atoms with Gasteiger partial charge in [0.25, 0.3) is 0 Å². The number of benzene rings is 2. The molecule has 4 rings (SSSR count). The van der Waals surface area contributed by atoms with E-state index in [1.165, 1.54) is 23.7 Å². The average Bonchev–Trinajstić information content (AvgIpc) is 3.11. The van der Waals surface area contributed by atoms with Crippen LogP contribution in [-0.4, -0.2) is 33.7 Å². The maximum atomic E-state index is 6.06. The first-order valence-corrected chi connectivity index (χ1v) is 10.1. The van der Waals surface area contributed by atoms with Crippen molar-refractivity contribution < 1.29 is 9.47 Å². The van der Waals surface area contributed by atoms with Gasteiger partial charge in [0.15, 0.2) is 22.1 Å². The van der Waals surface area contributed by atoms with Crippen LogP contribution in [0.3, 0.4) is 0 Å². The Kier molecular flexibility index (Phi) is 5.62. The molecule has 2 heterocycles. The van der Waals surface area contributed by atoms with E-state index in [-0.39, 0.29) is 0 Å². The van der Waals surface area contributed by atoms with Crippen LogP contribution in [0, 0.1) is 0 Å². The van der Waals surface area contributed by atoms with E-state index in [4.69, 9.17) is 25.9 Å². The van der Waals surface area contributed by atoms with E-state index < -0.39 is 0 Å². The first-order valence-electron chi connectivity index (χ1n) is 9.30. The van der Waals surface area contributed by atoms with Crippen LogP contribution in [0.4, 0.5) is 11.5 Å². The summed E-state index contributed by atoms with van der Waals surface area (Å²) in [7, 11) is 3.27. The van der Waals surface area contributed by atoms with Gasteiger partial charge >= 0.3 is 0 Å². The molecular formula is C21H22N6O2S. The van der Waals surface area contributed by atoms with Crippen molar-refractivity contribution in [2.45, 2.75) is 23.0 Å². The van der Waals surface area contributed by atoms with Gasteiger partial charge < -0.3 is 25.5 Å². The smallest absolute Gasteiger partial charge is 0.175 e. The fourth-order valence-corrected chi connectivity index (χ4v) is 4.15. The van der Waals surface area contributed by atoms with Crippen LogP contribution in [0.1, 0.15) is 5.56 Å². The summed E-state index contributed by atoms with van der Waals surface area (Å²) in [4.78, 5) is 14.1. The molecule has 30 heavy (non-hydrogen) atoms. The Bertz CT molecular complexity index is 1180. The molecule has 2 aromatic carbocycles. The minimum atomic E-state index is 0.352. The molecule has 4 aromatic rings. The molecule has 0 aliphatic carbocycles. The van der Waals surface area contributed by atoms with Crippen molar-refractivity contribution >= 4 is 34.4 Å². The van der Waals surface area contributed by atoms with E-state index in [1.54, 1.807) is 14.2 Å². The summed E-state index contributed by atoms with van der Waals surface area (Å²) >= 11 is 1.47. The molecule has 0 fully saturated rings. The summed E-state index contributed by atoms with van der Waals surface area (Å²) in [6.07, 6.45) is 2.25. The number of anilines is 2. The number of hydrogen-bond donors (Lipinski definition) is 2. The third-order valence-corrected chi connectivity index (χ3v) is 5.73. The predicted molar refractivity (Wildman–Crippen MR) is 118 cm³/mol. The van der Waals surface area contributed by atoms with E-state index in [0.29, 0.717) is 23.5 Å². The van der Waals surface area contributed by atoms with Crippen LogP contribution in [0.25, 0.3) is 11.2 Å². The Morgan fingerprint density at radius 3 is 2.53 bits per heavy atom. The van der Waals surface area contributed by atoms with Gasteiger partial charge in [0.05, 0.1) is 19.1 Å². The number of imidazole rings is 1. The lowest BCUT2D eigenvalue weighted by Crippen LogP contribution is -2.05. The number of nitrogens with two attached hydrogens (primary N) is 2. The fourth-order valence-electron chi connectivity index (χ4n) is 3.10. The second-order valence-electron chi connectivity index (χ2n) is 6.59. The van der Waals surface area contributed by atoms with E-state index in [9.17, 15) is 0 Å². The van der Waals surface area contributed by atoms with Crippen LogP contribution in [0.5, 0.6) is 11.5 Å². The maximum Gasteiger partial charge on any atom is 0.175 e. The van der Waals surface area contributed by atoms with Gasteiger partial charge in [0, 0.05) is 12.2 Å². The number of rotatable bonds is 7. The molecule has 0 atom stereocenters. The van der Waals surface area contributed by atoms with Crippen LogP contribution in [-0.2, 0) is 13.0 Å². The minimum absolute atomic E-state index is 0.352. The van der Waals surface area contributed by atoms with Gasteiger partial charge in [-0.2, -0.15) is 0 Å². The van der Waals surface area contributed by atoms with E-state index in [1.807, 2.05) is 47.0 Å². The number of aromatic nitrogens is 4. The Morgan fingerprint density at radius 1 is 1.00 bits per heavy atom. The van der Waals surface area contributed by atoms with Crippen LogP contribution >= 0.6 is 11.8 Å². The summed E-state index contributed by atoms with van der Waals surface area (Å²) in [5.41, 5.74) is 15.1. The van der Waals surface area contributed by atoms with Gasteiger partial charge in [0.1, 0.15) is 17.8 Å². The molecule has 0 amide bonds. The van der Waals surface area contributed by atoms with Crippen molar-refractivity contribution in [3.8, 4) is 11.5 Å². The van der Waals surface area contributed by atoms with E-state index in [0.717, 1.165) is 33.7 Å². The van der Waals surface area contributed by atoms with Crippen LogP contribution in [0.2, 0.25) is 0 Å². The first-order chi connectivity index (χ1) is 14.6. The lowest BCUT2D eigenvalue weighted by molar-refractivity contribution is 0.394. The predicted octanol–water partition coefficient (Wildman–Crippen LogP) is 3.40. The van der Waals surface area contributed by atoms with Crippen LogP contribution in [0.15, 0.2) is 58.8 Å². The van der Waals surface area contributed by atoms with Gasteiger partial charge in [-0.3, -0.25) is 0 Å². The van der Waals surface area contributed by atoms with Gasteiger partial charge in [-0.05, 0) is 54.1 Å². The molecule has 154 valence electrons. The molecule has 0 aliphatic heterocycles. The van der Waals surface area contributed by atoms with Gasteiger partial charge in [-0.15, -0.1) is 0 Å². The van der Waals surface area contributed by atoms with E-state index in [2.05, 4.69) is 9.97 Å².